The lowest BCUT2D eigenvalue weighted by atomic mass is 10.0. The molecular formula is C15H22N2O. The number of carbonyl (C=O) groups is 1. The molecule has 1 aromatic carbocycles. The van der Waals surface area contributed by atoms with E-state index >= 15 is 0 Å². The summed E-state index contributed by atoms with van der Waals surface area (Å²) in [4.78, 5) is 12.1. The Hall–Kier alpha value is -1.35. The van der Waals surface area contributed by atoms with E-state index in [9.17, 15) is 4.79 Å². The smallest absolute Gasteiger partial charge is 0.246 e. The molecule has 1 aromatic rings. The van der Waals surface area contributed by atoms with Crippen LogP contribution in [0.5, 0.6) is 0 Å². The highest BCUT2D eigenvalue weighted by molar-refractivity contribution is 6.03. The number of carbonyl (C=O) groups excluding carboxylic acids is 1. The van der Waals surface area contributed by atoms with Gasteiger partial charge in [-0.1, -0.05) is 38.5 Å². The number of rotatable bonds is 5. The van der Waals surface area contributed by atoms with E-state index in [0.29, 0.717) is 6.04 Å². The van der Waals surface area contributed by atoms with Crippen LogP contribution in [0.15, 0.2) is 18.2 Å². The minimum atomic E-state index is -0.184. The highest BCUT2D eigenvalue weighted by Gasteiger charge is 2.32. The van der Waals surface area contributed by atoms with Crippen molar-refractivity contribution in [1.29, 1.82) is 0 Å². The quantitative estimate of drug-likeness (QED) is 0.838. The van der Waals surface area contributed by atoms with E-state index < -0.39 is 0 Å². The molecule has 1 aliphatic rings. The van der Waals surface area contributed by atoms with Crippen LogP contribution < -0.4 is 10.6 Å². The van der Waals surface area contributed by atoms with E-state index in [1.54, 1.807) is 0 Å². The molecule has 2 atom stereocenters. The summed E-state index contributed by atoms with van der Waals surface area (Å²) in [5.74, 6) is 0.0776. The first kappa shape index (κ1) is 13.1. The third-order valence-corrected chi connectivity index (χ3v) is 3.66. The fraction of sp³-hybridized carbons (Fsp3) is 0.533. The predicted molar refractivity (Wildman–Crippen MR) is 74.7 cm³/mol. The Morgan fingerprint density at radius 1 is 1.39 bits per heavy atom. The zero-order chi connectivity index (χ0) is 13.1. The molecule has 0 spiro atoms. The zero-order valence-corrected chi connectivity index (χ0v) is 11.4. The Labute approximate surface area is 109 Å². The second-order valence-electron chi connectivity index (χ2n) is 5.02. The van der Waals surface area contributed by atoms with Crippen LogP contribution >= 0.6 is 0 Å². The average Bonchev–Trinajstić information content (AvgIpc) is 2.67. The van der Waals surface area contributed by atoms with Crippen LogP contribution in [0.4, 0.5) is 5.69 Å². The molecule has 98 valence electrons. The van der Waals surface area contributed by atoms with Gasteiger partial charge in [0.05, 0.1) is 0 Å². The molecule has 0 aromatic heterocycles. The zero-order valence-electron chi connectivity index (χ0n) is 11.4. The fourth-order valence-corrected chi connectivity index (χ4v) is 2.59. The monoisotopic (exact) mass is 246 g/mol. The Bertz CT molecular complexity index is 442. The van der Waals surface area contributed by atoms with Gasteiger partial charge in [-0.3, -0.25) is 10.1 Å². The summed E-state index contributed by atoms with van der Waals surface area (Å²) in [5.41, 5.74) is 3.22. The number of aryl methyl sites for hydroxylation is 1. The van der Waals surface area contributed by atoms with Crippen LogP contribution in [-0.2, 0) is 4.79 Å². The number of hydrogen-bond donors (Lipinski definition) is 2. The number of amides is 1. The first-order valence-corrected chi connectivity index (χ1v) is 6.83. The fourth-order valence-electron chi connectivity index (χ4n) is 2.59. The summed E-state index contributed by atoms with van der Waals surface area (Å²) in [6.45, 7) is 6.37. The molecule has 1 amide bonds. The summed E-state index contributed by atoms with van der Waals surface area (Å²) in [7, 11) is 0. The SMILES string of the molecule is CCCC(CC)NC1C(=O)Nc2c(C)cccc21. The third kappa shape index (κ3) is 2.41. The van der Waals surface area contributed by atoms with Gasteiger partial charge in [0.25, 0.3) is 0 Å². The largest absolute Gasteiger partial charge is 0.324 e. The van der Waals surface area contributed by atoms with Crippen LogP contribution in [0, 0.1) is 6.92 Å². The number of hydrogen-bond acceptors (Lipinski definition) is 2. The minimum Gasteiger partial charge on any atom is -0.324 e. The standard InChI is InChI=1S/C15H22N2O/c1-4-7-11(5-2)16-14-12-9-6-8-10(3)13(12)17-15(14)18/h6,8-9,11,14,16H,4-5,7H2,1-3H3,(H,17,18). The van der Waals surface area contributed by atoms with E-state index in [0.717, 1.165) is 36.1 Å². The Kier molecular flexibility index (Phi) is 4.02. The van der Waals surface area contributed by atoms with Crippen molar-refractivity contribution in [3.8, 4) is 0 Å². The van der Waals surface area contributed by atoms with Crippen molar-refractivity contribution in [2.45, 2.75) is 52.1 Å². The molecule has 0 fully saturated rings. The molecule has 3 nitrogen and oxygen atoms in total. The Morgan fingerprint density at radius 2 is 2.17 bits per heavy atom. The molecule has 3 heteroatoms. The molecule has 0 bridgehead atoms. The number of fused-ring (bicyclic) bond motifs is 1. The molecule has 2 rings (SSSR count). The van der Waals surface area contributed by atoms with E-state index in [1.807, 2.05) is 25.1 Å². The van der Waals surface area contributed by atoms with Crippen molar-refractivity contribution < 1.29 is 4.79 Å². The molecule has 0 saturated heterocycles. The summed E-state index contributed by atoms with van der Waals surface area (Å²) >= 11 is 0. The lowest BCUT2D eigenvalue weighted by Crippen LogP contribution is -2.35. The summed E-state index contributed by atoms with van der Waals surface area (Å²) < 4.78 is 0. The van der Waals surface area contributed by atoms with Crippen LogP contribution in [-0.4, -0.2) is 11.9 Å². The van der Waals surface area contributed by atoms with E-state index in [2.05, 4.69) is 24.5 Å². The van der Waals surface area contributed by atoms with E-state index in [1.165, 1.54) is 0 Å². The van der Waals surface area contributed by atoms with Crippen molar-refractivity contribution in [3.63, 3.8) is 0 Å². The topological polar surface area (TPSA) is 41.1 Å². The Balaban J connectivity index is 2.20. The number of benzene rings is 1. The highest BCUT2D eigenvalue weighted by atomic mass is 16.2. The van der Waals surface area contributed by atoms with Crippen molar-refractivity contribution in [2.75, 3.05) is 5.32 Å². The predicted octanol–water partition coefficient (Wildman–Crippen LogP) is 3.16. The molecule has 2 unspecified atom stereocenters. The maximum absolute atomic E-state index is 12.1. The normalized spacial score (nSPS) is 19.5. The van der Waals surface area contributed by atoms with Crippen molar-refractivity contribution in [2.24, 2.45) is 0 Å². The molecule has 2 N–H and O–H groups in total. The minimum absolute atomic E-state index is 0.0776. The molecular weight excluding hydrogens is 224 g/mol. The van der Waals surface area contributed by atoms with Crippen LogP contribution in [0.3, 0.4) is 0 Å². The maximum atomic E-state index is 12.1. The van der Waals surface area contributed by atoms with Gasteiger partial charge in [-0.15, -0.1) is 0 Å². The molecule has 0 aliphatic carbocycles. The van der Waals surface area contributed by atoms with Crippen LogP contribution in [0.25, 0.3) is 0 Å². The number of anilines is 1. The molecule has 1 aliphatic heterocycles. The first-order chi connectivity index (χ1) is 8.67. The summed E-state index contributed by atoms with van der Waals surface area (Å²) in [5, 5.41) is 6.47. The van der Waals surface area contributed by atoms with E-state index in [4.69, 9.17) is 0 Å². The van der Waals surface area contributed by atoms with Gasteiger partial charge in [0.1, 0.15) is 6.04 Å². The molecule has 0 saturated carbocycles. The van der Waals surface area contributed by atoms with Gasteiger partial charge in [0.15, 0.2) is 0 Å². The van der Waals surface area contributed by atoms with Crippen LogP contribution in [0.1, 0.15) is 50.3 Å². The van der Waals surface area contributed by atoms with Crippen molar-refractivity contribution in [3.05, 3.63) is 29.3 Å². The maximum Gasteiger partial charge on any atom is 0.246 e. The highest BCUT2D eigenvalue weighted by Crippen LogP contribution is 2.33. The number of nitrogens with one attached hydrogen (secondary N) is 2. The second kappa shape index (κ2) is 5.53. The van der Waals surface area contributed by atoms with Crippen LogP contribution in [0.2, 0.25) is 0 Å². The van der Waals surface area contributed by atoms with Crippen molar-refractivity contribution in [1.82, 2.24) is 5.32 Å². The second-order valence-corrected chi connectivity index (χ2v) is 5.02. The summed E-state index contributed by atoms with van der Waals surface area (Å²) in [6.07, 6.45) is 3.31. The molecule has 18 heavy (non-hydrogen) atoms. The van der Waals surface area contributed by atoms with Gasteiger partial charge in [0.2, 0.25) is 5.91 Å². The first-order valence-electron chi connectivity index (χ1n) is 6.83. The number of para-hydroxylation sites is 1. The van der Waals surface area contributed by atoms with Gasteiger partial charge in [-0.05, 0) is 25.3 Å². The summed E-state index contributed by atoms with van der Waals surface area (Å²) in [6, 6.07) is 6.32. The van der Waals surface area contributed by atoms with Gasteiger partial charge >= 0.3 is 0 Å². The van der Waals surface area contributed by atoms with Gasteiger partial charge < -0.3 is 5.32 Å². The third-order valence-electron chi connectivity index (χ3n) is 3.66. The Morgan fingerprint density at radius 3 is 2.83 bits per heavy atom. The van der Waals surface area contributed by atoms with E-state index in [-0.39, 0.29) is 11.9 Å². The van der Waals surface area contributed by atoms with Gasteiger partial charge in [0, 0.05) is 17.3 Å². The van der Waals surface area contributed by atoms with Crippen molar-refractivity contribution >= 4 is 11.6 Å². The van der Waals surface area contributed by atoms with Gasteiger partial charge in [-0.2, -0.15) is 0 Å². The lowest BCUT2D eigenvalue weighted by molar-refractivity contribution is -0.117. The molecule has 0 radical (unpaired) electrons. The molecule has 1 heterocycles. The average molecular weight is 246 g/mol. The van der Waals surface area contributed by atoms with Gasteiger partial charge in [-0.25, -0.2) is 0 Å². The lowest BCUT2D eigenvalue weighted by Gasteiger charge is -2.20.